The molecule has 0 aliphatic heterocycles. The Hall–Kier alpha value is -1.09. The summed E-state index contributed by atoms with van der Waals surface area (Å²) in [4.78, 5) is 24.4. The smallest absolute Gasteiger partial charge is 0.306 e. The largest absolute Gasteiger partial charge is 0.481 e. The number of hydrogen-bond acceptors (Lipinski definition) is 7. The Kier molecular flexibility index (Phi) is 16.4. The SMILES string of the molecule is CCC(C)(COCCCCN=[N+]=[N-])CSSCCCOC(=O)CCC(=O)O. The van der Waals surface area contributed by atoms with Crippen molar-refractivity contribution in [3.63, 3.8) is 0 Å². The summed E-state index contributed by atoms with van der Waals surface area (Å²) in [7, 11) is 3.54. The van der Waals surface area contributed by atoms with Crippen LogP contribution in [0.4, 0.5) is 0 Å². The zero-order valence-electron chi connectivity index (χ0n) is 16.2. The number of unbranched alkanes of at least 4 members (excludes halogenated alkanes) is 1. The highest BCUT2D eigenvalue weighted by molar-refractivity contribution is 8.76. The number of nitrogens with zero attached hydrogens (tertiary/aromatic N) is 3. The maximum Gasteiger partial charge on any atom is 0.306 e. The van der Waals surface area contributed by atoms with E-state index in [2.05, 4.69) is 23.9 Å². The number of carbonyl (C=O) groups excluding carboxylic acids is 1. The molecule has 0 bridgehead atoms. The molecule has 1 N–H and O–H groups in total. The van der Waals surface area contributed by atoms with Gasteiger partial charge in [0.1, 0.15) is 0 Å². The number of esters is 1. The first kappa shape index (κ1) is 25.9. The average molecular weight is 422 g/mol. The Bertz CT molecular complexity index is 475. The summed E-state index contributed by atoms with van der Waals surface area (Å²) in [6, 6.07) is 0. The average Bonchev–Trinajstić information content (AvgIpc) is 2.65. The van der Waals surface area contributed by atoms with Gasteiger partial charge in [-0.25, -0.2) is 0 Å². The van der Waals surface area contributed by atoms with Crippen LogP contribution >= 0.6 is 21.6 Å². The molecule has 0 fully saturated rings. The van der Waals surface area contributed by atoms with E-state index < -0.39 is 11.9 Å². The predicted molar refractivity (Wildman–Crippen MR) is 110 cm³/mol. The highest BCUT2D eigenvalue weighted by Gasteiger charge is 2.22. The molecule has 0 aromatic heterocycles. The fraction of sp³-hybridized carbons (Fsp3) is 0.882. The van der Waals surface area contributed by atoms with Crippen molar-refractivity contribution in [2.45, 2.75) is 52.4 Å². The van der Waals surface area contributed by atoms with Gasteiger partial charge in [-0.1, -0.05) is 40.5 Å². The molecule has 1 atom stereocenters. The summed E-state index contributed by atoms with van der Waals surface area (Å²) in [5.74, 6) is 0.405. The molecule has 0 spiro atoms. The van der Waals surface area contributed by atoms with Gasteiger partial charge in [-0.05, 0) is 31.2 Å². The minimum atomic E-state index is -0.991. The lowest BCUT2D eigenvalue weighted by Gasteiger charge is -2.27. The van der Waals surface area contributed by atoms with E-state index in [9.17, 15) is 9.59 Å². The summed E-state index contributed by atoms with van der Waals surface area (Å²) in [6.07, 6.45) is 3.26. The van der Waals surface area contributed by atoms with E-state index >= 15 is 0 Å². The minimum absolute atomic E-state index is 0.0718. The molecule has 8 nitrogen and oxygen atoms in total. The van der Waals surface area contributed by atoms with E-state index in [1.165, 1.54) is 0 Å². The predicted octanol–water partition coefficient (Wildman–Crippen LogP) is 4.69. The number of azide groups is 1. The molecule has 0 aliphatic carbocycles. The summed E-state index contributed by atoms with van der Waals surface area (Å²) in [6.45, 7) is 6.61. The van der Waals surface area contributed by atoms with Crippen LogP contribution in [-0.2, 0) is 19.1 Å². The van der Waals surface area contributed by atoms with Crippen LogP contribution < -0.4 is 0 Å². The van der Waals surface area contributed by atoms with Crippen LogP contribution in [0.1, 0.15) is 52.4 Å². The van der Waals surface area contributed by atoms with Crippen molar-refractivity contribution in [3.8, 4) is 0 Å². The fourth-order valence-corrected chi connectivity index (χ4v) is 4.64. The van der Waals surface area contributed by atoms with Crippen molar-refractivity contribution >= 4 is 33.5 Å². The second-order valence-electron chi connectivity index (χ2n) is 6.43. The molecule has 0 heterocycles. The lowest BCUT2D eigenvalue weighted by molar-refractivity contribution is -0.147. The summed E-state index contributed by atoms with van der Waals surface area (Å²) in [5.41, 5.74) is 8.32. The minimum Gasteiger partial charge on any atom is -0.481 e. The lowest BCUT2D eigenvalue weighted by Crippen LogP contribution is -2.25. The first-order valence-corrected chi connectivity index (χ1v) is 11.6. The lowest BCUT2D eigenvalue weighted by atomic mass is 9.91. The zero-order chi connectivity index (χ0) is 20.4. The quantitative estimate of drug-likeness (QED) is 0.0850. The van der Waals surface area contributed by atoms with Crippen LogP contribution in [-0.4, -0.2) is 54.9 Å². The Labute approximate surface area is 169 Å². The Morgan fingerprint density at radius 3 is 2.63 bits per heavy atom. The molecule has 0 saturated carbocycles. The van der Waals surface area contributed by atoms with Crippen molar-refractivity contribution in [2.24, 2.45) is 10.5 Å². The summed E-state index contributed by atoms with van der Waals surface area (Å²) < 4.78 is 10.8. The van der Waals surface area contributed by atoms with Gasteiger partial charge in [0.2, 0.25) is 0 Å². The number of ether oxygens (including phenoxy) is 2. The van der Waals surface area contributed by atoms with E-state index in [0.29, 0.717) is 26.4 Å². The van der Waals surface area contributed by atoms with Crippen LogP contribution in [0.15, 0.2) is 5.11 Å². The van der Waals surface area contributed by atoms with E-state index in [-0.39, 0.29) is 18.3 Å². The maximum absolute atomic E-state index is 11.3. The van der Waals surface area contributed by atoms with Gasteiger partial charge in [0, 0.05) is 35.0 Å². The number of hydrogen-bond donors (Lipinski definition) is 1. The topological polar surface area (TPSA) is 122 Å². The molecular weight excluding hydrogens is 390 g/mol. The zero-order valence-corrected chi connectivity index (χ0v) is 17.9. The second-order valence-corrected chi connectivity index (χ2v) is 9.01. The van der Waals surface area contributed by atoms with Gasteiger partial charge >= 0.3 is 11.9 Å². The first-order chi connectivity index (χ1) is 12.9. The van der Waals surface area contributed by atoms with Crippen molar-refractivity contribution < 1.29 is 24.2 Å². The number of carboxylic acid groups (broad SMARTS) is 1. The molecule has 156 valence electrons. The van der Waals surface area contributed by atoms with Gasteiger partial charge in [-0.2, -0.15) is 0 Å². The van der Waals surface area contributed by atoms with Crippen molar-refractivity contribution in [1.29, 1.82) is 0 Å². The van der Waals surface area contributed by atoms with Crippen LogP contribution in [0.2, 0.25) is 0 Å². The summed E-state index contributed by atoms with van der Waals surface area (Å²) >= 11 is 0. The van der Waals surface area contributed by atoms with E-state index in [1.807, 2.05) is 0 Å². The van der Waals surface area contributed by atoms with Crippen LogP contribution in [0, 0.1) is 5.41 Å². The number of carboxylic acids is 1. The second kappa shape index (κ2) is 17.0. The Balaban J connectivity index is 3.66. The molecule has 0 aliphatic rings. The van der Waals surface area contributed by atoms with Crippen LogP contribution in [0.5, 0.6) is 0 Å². The number of aliphatic carboxylic acids is 1. The van der Waals surface area contributed by atoms with E-state index in [4.69, 9.17) is 20.1 Å². The molecule has 0 saturated heterocycles. The molecule has 0 aromatic carbocycles. The third kappa shape index (κ3) is 16.8. The first-order valence-electron chi connectivity index (χ1n) is 9.14. The molecule has 27 heavy (non-hydrogen) atoms. The molecule has 0 radical (unpaired) electrons. The Morgan fingerprint density at radius 2 is 1.96 bits per heavy atom. The van der Waals surface area contributed by atoms with Gasteiger partial charge in [0.15, 0.2) is 0 Å². The third-order valence-corrected chi connectivity index (χ3v) is 6.62. The van der Waals surface area contributed by atoms with Gasteiger partial charge in [-0.3, -0.25) is 9.59 Å². The van der Waals surface area contributed by atoms with Crippen molar-refractivity contribution in [3.05, 3.63) is 10.4 Å². The molecule has 0 rings (SSSR count). The number of rotatable bonds is 18. The standard InChI is InChI=1S/C17H31N3O5S2/c1-3-17(2,13-24-10-5-4-9-19-20-18)14-27-26-12-6-11-25-16(23)8-7-15(21)22/h3-14H2,1-2H3,(H,21,22). The van der Waals surface area contributed by atoms with E-state index in [0.717, 1.165) is 37.2 Å². The monoisotopic (exact) mass is 421 g/mol. The van der Waals surface area contributed by atoms with Crippen LogP contribution in [0.3, 0.4) is 0 Å². The van der Waals surface area contributed by atoms with E-state index in [1.54, 1.807) is 21.6 Å². The van der Waals surface area contributed by atoms with Gasteiger partial charge < -0.3 is 14.6 Å². The third-order valence-electron chi connectivity index (χ3n) is 3.83. The highest BCUT2D eigenvalue weighted by atomic mass is 33.1. The number of carbonyl (C=O) groups is 2. The van der Waals surface area contributed by atoms with Gasteiger partial charge in [-0.15, -0.1) is 0 Å². The van der Waals surface area contributed by atoms with Crippen molar-refractivity contribution in [1.82, 2.24) is 0 Å². The highest BCUT2D eigenvalue weighted by Crippen LogP contribution is 2.33. The Morgan fingerprint density at radius 1 is 1.19 bits per heavy atom. The normalized spacial score (nSPS) is 12.8. The maximum atomic E-state index is 11.3. The van der Waals surface area contributed by atoms with Crippen molar-refractivity contribution in [2.75, 3.05) is 37.9 Å². The fourth-order valence-electron chi connectivity index (χ4n) is 1.82. The molecule has 1 unspecified atom stereocenters. The van der Waals surface area contributed by atoms with Crippen LogP contribution in [0.25, 0.3) is 10.4 Å². The molecule has 10 heteroatoms. The van der Waals surface area contributed by atoms with Gasteiger partial charge in [0.05, 0.1) is 26.1 Å². The molecular formula is C17H31N3O5S2. The molecule has 0 amide bonds. The summed E-state index contributed by atoms with van der Waals surface area (Å²) in [5, 5.41) is 12.0. The molecule has 0 aromatic rings. The van der Waals surface area contributed by atoms with Gasteiger partial charge in [0.25, 0.3) is 0 Å².